The fraction of sp³-hybridized carbons (Fsp3) is 0.346. The number of hydrogen-bond donors (Lipinski definition) is 2. The van der Waals surface area contributed by atoms with E-state index in [0.29, 0.717) is 17.9 Å². The summed E-state index contributed by atoms with van der Waals surface area (Å²) >= 11 is 0. The van der Waals surface area contributed by atoms with Crippen molar-refractivity contribution in [2.45, 2.75) is 24.9 Å². The lowest BCUT2D eigenvalue weighted by molar-refractivity contribution is 0.0990. The summed E-state index contributed by atoms with van der Waals surface area (Å²) in [5.74, 6) is 2.73. The number of nitrogens with two attached hydrogens (primary N) is 1. The Hall–Kier alpha value is -3.69. The van der Waals surface area contributed by atoms with Gasteiger partial charge in [0.2, 0.25) is 0 Å². The zero-order valence-electron chi connectivity index (χ0n) is 19.7. The van der Waals surface area contributed by atoms with Crippen molar-refractivity contribution >= 4 is 16.9 Å². The van der Waals surface area contributed by atoms with Gasteiger partial charge in [-0.25, -0.2) is 14.6 Å². The van der Waals surface area contributed by atoms with Crippen molar-refractivity contribution < 1.29 is 9.47 Å². The van der Waals surface area contributed by atoms with Crippen LogP contribution >= 0.6 is 0 Å². The number of rotatable bonds is 6. The van der Waals surface area contributed by atoms with Crippen molar-refractivity contribution in [1.29, 1.82) is 0 Å². The topological polar surface area (TPSA) is 103 Å². The molecule has 180 valence electrons. The summed E-state index contributed by atoms with van der Waals surface area (Å²) < 4.78 is 13.3. The Morgan fingerprint density at radius 2 is 1.54 bits per heavy atom. The predicted octanol–water partition coefficient (Wildman–Crippen LogP) is 3.49. The number of nitrogens with zero attached hydrogens (tertiary/aromatic N) is 5. The summed E-state index contributed by atoms with van der Waals surface area (Å²) in [4.78, 5) is 11.4. The van der Waals surface area contributed by atoms with Gasteiger partial charge in [0.1, 0.15) is 35.1 Å². The van der Waals surface area contributed by atoms with E-state index < -0.39 is 0 Å². The second-order valence-corrected chi connectivity index (χ2v) is 9.13. The maximum Gasteiger partial charge on any atom is 0.164 e. The van der Waals surface area contributed by atoms with Crippen LogP contribution in [-0.2, 0) is 0 Å². The number of ether oxygens (including phenoxy) is 2. The van der Waals surface area contributed by atoms with Crippen molar-refractivity contribution in [2.75, 3.05) is 39.0 Å². The van der Waals surface area contributed by atoms with Crippen LogP contribution in [0.4, 0.5) is 5.82 Å². The maximum atomic E-state index is 6.33. The van der Waals surface area contributed by atoms with E-state index in [-0.39, 0.29) is 0 Å². The normalized spacial score (nSPS) is 17.4. The molecule has 4 heterocycles. The van der Waals surface area contributed by atoms with Crippen LogP contribution in [0, 0.1) is 0 Å². The van der Waals surface area contributed by atoms with Crippen molar-refractivity contribution in [3.8, 4) is 28.5 Å². The van der Waals surface area contributed by atoms with E-state index in [1.807, 2.05) is 48.5 Å². The van der Waals surface area contributed by atoms with Crippen LogP contribution in [0.3, 0.4) is 0 Å². The van der Waals surface area contributed by atoms with Crippen molar-refractivity contribution in [3.05, 3.63) is 54.9 Å². The molecule has 2 aromatic carbocycles. The first kappa shape index (κ1) is 21.8. The minimum atomic E-state index is 0.294. The molecular weight excluding hydrogens is 442 g/mol. The van der Waals surface area contributed by atoms with E-state index >= 15 is 0 Å². The average molecular weight is 472 g/mol. The predicted molar refractivity (Wildman–Crippen MR) is 135 cm³/mol. The molecule has 35 heavy (non-hydrogen) atoms. The lowest BCUT2D eigenvalue weighted by Crippen LogP contribution is -2.58. The Morgan fingerprint density at radius 3 is 2.17 bits per heavy atom. The molecule has 0 radical (unpaired) electrons. The van der Waals surface area contributed by atoms with Gasteiger partial charge in [-0.1, -0.05) is 0 Å². The monoisotopic (exact) mass is 471 g/mol. The summed E-state index contributed by atoms with van der Waals surface area (Å²) in [7, 11) is 1.65. The van der Waals surface area contributed by atoms with E-state index in [9.17, 15) is 0 Å². The van der Waals surface area contributed by atoms with Gasteiger partial charge in [0.15, 0.2) is 5.65 Å². The van der Waals surface area contributed by atoms with Gasteiger partial charge in [-0.15, -0.1) is 0 Å². The molecule has 2 aliphatic heterocycles. The first-order valence-corrected chi connectivity index (χ1v) is 12.1. The Bertz CT molecular complexity index is 1310. The van der Waals surface area contributed by atoms with Crippen molar-refractivity contribution in [1.82, 2.24) is 30.0 Å². The van der Waals surface area contributed by atoms with Crippen LogP contribution in [0.25, 0.3) is 22.3 Å². The molecule has 9 nitrogen and oxygen atoms in total. The van der Waals surface area contributed by atoms with Crippen LogP contribution in [0.1, 0.15) is 18.9 Å². The zero-order valence-corrected chi connectivity index (χ0v) is 19.7. The van der Waals surface area contributed by atoms with Crippen LogP contribution in [-0.4, -0.2) is 64.0 Å². The minimum Gasteiger partial charge on any atom is -0.497 e. The highest BCUT2D eigenvalue weighted by molar-refractivity contribution is 5.98. The lowest BCUT2D eigenvalue weighted by atomic mass is 10.0. The van der Waals surface area contributed by atoms with Gasteiger partial charge in [-0.2, -0.15) is 5.10 Å². The third kappa shape index (κ3) is 4.17. The highest BCUT2D eigenvalue weighted by Crippen LogP contribution is 2.35. The Labute approximate surface area is 203 Å². The Kier molecular flexibility index (Phi) is 5.71. The quantitative estimate of drug-likeness (QED) is 0.441. The molecule has 0 aliphatic carbocycles. The van der Waals surface area contributed by atoms with E-state index in [4.69, 9.17) is 20.3 Å². The summed E-state index contributed by atoms with van der Waals surface area (Å²) in [6, 6.07) is 16.4. The number of anilines is 1. The summed E-state index contributed by atoms with van der Waals surface area (Å²) in [6.45, 7) is 4.35. The lowest BCUT2D eigenvalue weighted by Gasteiger charge is -2.42. The zero-order chi connectivity index (χ0) is 23.8. The number of benzene rings is 2. The highest BCUT2D eigenvalue weighted by atomic mass is 16.5. The smallest absolute Gasteiger partial charge is 0.164 e. The summed E-state index contributed by atoms with van der Waals surface area (Å²) in [5.41, 5.74) is 8.89. The second-order valence-electron chi connectivity index (χ2n) is 9.13. The molecule has 9 heteroatoms. The third-order valence-electron chi connectivity index (χ3n) is 7.06. The molecule has 0 unspecified atom stereocenters. The van der Waals surface area contributed by atoms with E-state index in [1.165, 1.54) is 6.33 Å². The molecule has 2 fully saturated rings. The van der Waals surface area contributed by atoms with Crippen molar-refractivity contribution in [2.24, 2.45) is 0 Å². The van der Waals surface area contributed by atoms with Gasteiger partial charge in [-0.05, 0) is 61.4 Å². The molecule has 2 aliphatic rings. The molecule has 2 saturated heterocycles. The molecule has 0 amide bonds. The number of aromatic nitrogens is 4. The number of fused-ring (bicyclic) bond motifs is 1. The van der Waals surface area contributed by atoms with Gasteiger partial charge >= 0.3 is 0 Å². The average Bonchev–Trinajstić information content (AvgIpc) is 3.25. The SMILES string of the molecule is COc1ccc(Oc2ccc(-c3nn(C4CCN(C5CNC5)CC4)c4ncnc(N)c34)cc2)cc1. The summed E-state index contributed by atoms with van der Waals surface area (Å²) in [5, 5.41) is 9.21. The van der Waals surface area contributed by atoms with Gasteiger partial charge in [0.05, 0.1) is 18.5 Å². The molecule has 0 saturated carbocycles. The van der Waals surface area contributed by atoms with Gasteiger partial charge in [-0.3, -0.25) is 4.90 Å². The number of piperidine rings is 1. The van der Waals surface area contributed by atoms with Crippen LogP contribution < -0.4 is 20.5 Å². The number of methoxy groups -OCH3 is 1. The fourth-order valence-corrected chi connectivity index (χ4v) is 4.94. The molecule has 0 bridgehead atoms. The number of likely N-dealkylation sites (tertiary alicyclic amines) is 1. The van der Waals surface area contributed by atoms with Gasteiger partial charge in [0, 0.05) is 37.8 Å². The maximum absolute atomic E-state index is 6.33. The fourth-order valence-electron chi connectivity index (χ4n) is 4.94. The van der Waals surface area contributed by atoms with Gasteiger partial charge < -0.3 is 20.5 Å². The second kappa shape index (κ2) is 9.16. The molecule has 3 N–H and O–H groups in total. The van der Waals surface area contributed by atoms with E-state index in [0.717, 1.165) is 78.6 Å². The first-order valence-electron chi connectivity index (χ1n) is 12.1. The first-order chi connectivity index (χ1) is 17.2. The molecular formula is C26H29N7O2. The third-order valence-corrected chi connectivity index (χ3v) is 7.06. The minimum absolute atomic E-state index is 0.294. The van der Waals surface area contributed by atoms with Crippen LogP contribution in [0.2, 0.25) is 0 Å². The molecule has 2 aromatic heterocycles. The van der Waals surface area contributed by atoms with E-state index in [1.54, 1.807) is 7.11 Å². The van der Waals surface area contributed by atoms with Crippen LogP contribution in [0.5, 0.6) is 17.2 Å². The standard InChI is InChI=1S/C26H29N7O2/c1-34-20-6-8-22(9-7-20)35-21-4-2-17(3-5-21)24-23-25(27)29-16-30-26(23)33(31-24)18-10-12-32(13-11-18)19-14-28-15-19/h2-9,16,18-19,28H,10-15H2,1H3,(H2,27,29,30). The number of hydrogen-bond acceptors (Lipinski definition) is 8. The molecule has 0 atom stereocenters. The summed E-state index contributed by atoms with van der Waals surface area (Å²) in [6.07, 6.45) is 3.62. The van der Waals surface area contributed by atoms with Gasteiger partial charge in [0.25, 0.3) is 0 Å². The van der Waals surface area contributed by atoms with E-state index in [2.05, 4.69) is 24.9 Å². The number of nitrogens with one attached hydrogen (secondary N) is 1. The molecule has 6 rings (SSSR count). The van der Waals surface area contributed by atoms with Crippen molar-refractivity contribution in [3.63, 3.8) is 0 Å². The largest absolute Gasteiger partial charge is 0.497 e. The van der Waals surface area contributed by atoms with Crippen LogP contribution in [0.15, 0.2) is 54.9 Å². The Balaban J connectivity index is 1.26. The molecule has 4 aromatic rings. The Morgan fingerprint density at radius 1 is 0.886 bits per heavy atom. The number of nitrogen functional groups attached to an aromatic ring is 1. The highest BCUT2D eigenvalue weighted by Gasteiger charge is 2.31. The molecule has 0 spiro atoms.